The minimum Gasteiger partial charge on any atom is -0.467 e. The zero-order valence-electron chi connectivity index (χ0n) is 14.7. The molecule has 4 atom stereocenters. The van der Waals surface area contributed by atoms with E-state index in [0.717, 1.165) is 57.5 Å². The van der Waals surface area contributed by atoms with Crippen LogP contribution in [0.15, 0.2) is 22.8 Å². The molecule has 0 bridgehead atoms. The standard InChI is InChI=1S/C19H28N2O4/c22-19(20-17-6-1-7-18-16(17)8-11-25-18)21(12-14-4-2-9-23-14)13-15-5-3-10-24-15/h2,4,9,15-18H,1,3,5-8,10-13H2,(H,20,22)/t15-,16+,17+,18-/m0/s1. The first-order valence-corrected chi connectivity index (χ1v) is 9.60. The van der Waals surface area contributed by atoms with Gasteiger partial charge in [-0.15, -0.1) is 0 Å². The first-order valence-electron chi connectivity index (χ1n) is 9.60. The Labute approximate surface area is 148 Å². The third-order valence-electron chi connectivity index (χ3n) is 5.75. The average Bonchev–Trinajstić information content (AvgIpc) is 3.37. The van der Waals surface area contributed by atoms with Gasteiger partial charge < -0.3 is 24.1 Å². The number of carbonyl (C=O) groups excluding carboxylic acids is 1. The van der Waals surface area contributed by atoms with Gasteiger partial charge in [0.1, 0.15) is 5.76 Å². The number of amides is 2. The molecule has 138 valence electrons. The third kappa shape index (κ3) is 4.01. The van der Waals surface area contributed by atoms with Crippen molar-refractivity contribution >= 4 is 6.03 Å². The van der Waals surface area contributed by atoms with E-state index in [2.05, 4.69) is 5.32 Å². The Morgan fingerprint density at radius 3 is 2.92 bits per heavy atom. The predicted octanol–water partition coefficient (Wildman–Crippen LogP) is 2.93. The van der Waals surface area contributed by atoms with Gasteiger partial charge >= 0.3 is 6.03 Å². The summed E-state index contributed by atoms with van der Waals surface area (Å²) in [6.45, 7) is 2.72. The normalized spacial score (nSPS) is 31.7. The highest BCUT2D eigenvalue weighted by Gasteiger charge is 2.39. The fourth-order valence-electron chi connectivity index (χ4n) is 4.45. The van der Waals surface area contributed by atoms with E-state index in [0.29, 0.717) is 25.1 Å². The minimum atomic E-state index is -0.00977. The number of furan rings is 1. The van der Waals surface area contributed by atoms with Crippen molar-refractivity contribution in [3.63, 3.8) is 0 Å². The molecule has 0 spiro atoms. The van der Waals surface area contributed by atoms with Crippen LogP contribution in [0.25, 0.3) is 0 Å². The summed E-state index contributed by atoms with van der Waals surface area (Å²) in [4.78, 5) is 14.8. The van der Waals surface area contributed by atoms with Gasteiger partial charge in [-0.05, 0) is 50.7 Å². The lowest BCUT2D eigenvalue weighted by Crippen LogP contribution is -2.51. The summed E-state index contributed by atoms with van der Waals surface area (Å²) in [6, 6.07) is 3.98. The Hall–Kier alpha value is -1.53. The smallest absolute Gasteiger partial charge is 0.318 e. The molecule has 6 nitrogen and oxygen atoms in total. The monoisotopic (exact) mass is 348 g/mol. The molecule has 1 saturated carbocycles. The molecule has 6 heteroatoms. The molecule has 0 aromatic carbocycles. The topological polar surface area (TPSA) is 63.9 Å². The largest absolute Gasteiger partial charge is 0.467 e. The summed E-state index contributed by atoms with van der Waals surface area (Å²) >= 11 is 0. The van der Waals surface area contributed by atoms with Crippen molar-refractivity contribution in [2.75, 3.05) is 19.8 Å². The maximum Gasteiger partial charge on any atom is 0.318 e. The van der Waals surface area contributed by atoms with E-state index in [1.807, 2.05) is 17.0 Å². The molecule has 25 heavy (non-hydrogen) atoms. The molecular formula is C19H28N2O4. The molecule has 3 aliphatic rings. The highest BCUT2D eigenvalue weighted by molar-refractivity contribution is 5.74. The number of urea groups is 1. The van der Waals surface area contributed by atoms with Crippen LogP contribution in [-0.4, -0.2) is 48.9 Å². The molecule has 2 aliphatic heterocycles. The van der Waals surface area contributed by atoms with Crippen LogP contribution >= 0.6 is 0 Å². The van der Waals surface area contributed by atoms with E-state index in [9.17, 15) is 4.79 Å². The van der Waals surface area contributed by atoms with Gasteiger partial charge in [0.05, 0.1) is 25.0 Å². The lowest BCUT2D eigenvalue weighted by atomic mass is 9.82. The summed E-state index contributed by atoms with van der Waals surface area (Å²) in [5.74, 6) is 1.27. The number of nitrogens with one attached hydrogen (secondary N) is 1. The Morgan fingerprint density at radius 1 is 1.16 bits per heavy atom. The molecule has 1 aliphatic carbocycles. The Kier molecular flexibility index (Phi) is 5.27. The van der Waals surface area contributed by atoms with Crippen molar-refractivity contribution in [3.8, 4) is 0 Å². The van der Waals surface area contributed by atoms with E-state index in [1.54, 1.807) is 6.26 Å². The molecule has 0 unspecified atom stereocenters. The highest BCUT2D eigenvalue weighted by Crippen LogP contribution is 2.34. The quantitative estimate of drug-likeness (QED) is 0.889. The maximum atomic E-state index is 13.0. The Bertz CT molecular complexity index is 556. The van der Waals surface area contributed by atoms with E-state index >= 15 is 0 Å². The lowest BCUT2D eigenvalue weighted by Gasteiger charge is -2.35. The number of hydrogen-bond acceptors (Lipinski definition) is 4. The second-order valence-electron chi connectivity index (χ2n) is 7.44. The number of hydrogen-bond donors (Lipinski definition) is 1. The van der Waals surface area contributed by atoms with E-state index < -0.39 is 0 Å². The van der Waals surface area contributed by atoms with Crippen LogP contribution in [0.2, 0.25) is 0 Å². The van der Waals surface area contributed by atoms with Crippen molar-refractivity contribution in [1.82, 2.24) is 10.2 Å². The third-order valence-corrected chi connectivity index (χ3v) is 5.75. The highest BCUT2D eigenvalue weighted by atomic mass is 16.5. The van der Waals surface area contributed by atoms with Crippen molar-refractivity contribution < 1.29 is 18.7 Å². The van der Waals surface area contributed by atoms with Crippen LogP contribution < -0.4 is 5.32 Å². The van der Waals surface area contributed by atoms with Gasteiger partial charge in [-0.1, -0.05) is 0 Å². The van der Waals surface area contributed by atoms with Gasteiger partial charge in [-0.25, -0.2) is 4.79 Å². The summed E-state index contributed by atoms with van der Waals surface area (Å²) in [7, 11) is 0. The van der Waals surface area contributed by atoms with Crippen molar-refractivity contribution in [2.24, 2.45) is 5.92 Å². The SMILES string of the molecule is O=C(N[C@@H]1CCC[C@@H]2OCC[C@@H]21)N(Cc1ccco1)C[C@@H]1CCCO1. The van der Waals surface area contributed by atoms with Crippen LogP contribution in [0.5, 0.6) is 0 Å². The second kappa shape index (κ2) is 7.79. The van der Waals surface area contributed by atoms with Gasteiger partial charge in [0.2, 0.25) is 0 Å². The predicted molar refractivity (Wildman–Crippen MR) is 92.1 cm³/mol. The number of ether oxygens (including phenoxy) is 2. The summed E-state index contributed by atoms with van der Waals surface area (Å²) in [5.41, 5.74) is 0. The Balaban J connectivity index is 1.40. The number of nitrogens with zero attached hydrogens (tertiary/aromatic N) is 1. The molecule has 0 radical (unpaired) electrons. The fourth-order valence-corrected chi connectivity index (χ4v) is 4.45. The van der Waals surface area contributed by atoms with Crippen LogP contribution in [0.4, 0.5) is 4.79 Å². The maximum absolute atomic E-state index is 13.0. The number of rotatable bonds is 5. The van der Waals surface area contributed by atoms with Gasteiger partial charge in [0, 0.05) is 31.7 Å². The van der Waals surface area contributed by atoms with Crippen LogP contribution in [0.1, 0.15) is 44.3 Å². The lowest BCUT2D eigenvalue weighted by molar-refractivity contribution is 0.0510. The molecule has 2 amide bonds. The molecule has 4 rings (SSSR count). The zero-order chi connectivity index (χ0) is 17.1. The van der Waals surface area contributed by atoms with E-state index in [4.69, 9.17) is 13.9 Å². The van der Waals surface area contributed by atoms with Crippen molar-refractivity contribution in [3.05, 3.63) is 24.2 Å². The molecule has 3 heterocycles. The summed E-state index contributed by atoms with van der Waals surface area (Å²) in [6.07, 6.45) is 8.56. The van der Waals surface area contributed by atoms with Crippen LogP contribution in [0.3, 0.4) is 0 Å². The van der Waals surface area contributed by atoms with Crippen molar-refractivity contribution in [2.45, 2.75) is 63.3 Å². The van der Waals surface area contributed by atoms with Gasteiger partial charge in [-0.2, -0.15) is 0 Å². The van der Waals surface area contributed by atoms with Gasteiger partial charge in [0.15, 0.2) is 0 Å². The Morgan fingerprint density at radius 2 is 2.12 bits per heavy atom. The average molecular weight is 348 g/mol. The van der Waals surface area contributed by atoms with Crippen LogP contribution in [0, 0.1) is 5.92 Å². The van der Waals surface area contributed by atoms with Gasteiger partial charge in [-0.3, -0.25) is 0 Å². The molecule has 1 aromatic heterocycles. The molecule has 2 saturated heterocycles. The van der Waals surface area contributed by atoms with E-state index in [1.165, 1.54) is 0 Å². The minimum absolute atomic E-state index is 0.00977. The van der Waals surface area contributed by atoms with Crippen molar-refractivity contribution in [1.29, 1.82) is 0 Å². The number of fused-ring (bicyclic) bond motifs is 1. The summed E-state index contributed by atoms with van der Waals surface area (Å²) in [5, 5.41) is 3.29. The first-order chi connectivity index (χ1) is 12.3. The molecule has 3 fully saturated rings. The van der Waals surface area contributed by atoms with Crippen LogP contribution in [-0.2, 0) is 16.0 Å². The fraction of sp³-hybridized carbons (Fsp3) is 0.737. The molecule has 1 N–H and O–H groups in total. The molecular weight excluding hydrogens is 320 g/mol. The molecule has 1 aromatic rings. The second-order valence-corrected chi connectivity index (χ2v) is 7.44. The number of carbonyl (C=O) groups is 1. The first kappa shape index (κ1) is 16.9. The zero-order valence-corrected chi connectivity index (χ0v) is 14.7. The van der Waals surface area contributed by atoms with E-state index in [-0.39, 0.29) is 18.2 Å². The summed E-state index contributed by atoms with van der Waals surface area (Å²) < 4.78 is 17.0. The van der Waals surface area contributed by atoms with Gasteiger partial charge in [0.25, 0.3) is 0 Å².